The molecule has 0 bridgehead atoms. The summed E-state index contributed by atoms with van der Waals surface area (Å²) in [6.07, 6.45) is 1.28. The molecule has 1 saturated heterocycles. The summed E-state index contributed by atoms with van der Waals surface area (Å²) in [5, 5.41) is 9.36. The Morgan fingerprint density at radius 3 is 2.69 bits per heavy atom. The van der Waals surface area contributed by atoms with Crippen molar-refractivity contribution in [3.05, 3.63) is 0 Å². The molecule has 0 saturated carbocycles. The molecule has 1 fully saturated rings. The van der Waals surface area contributed by atoms with Gasteiger partial charge in [0.25, 0.3) is 0 Å². The fourth-order valence-corrected chi connectivity index (χ4v) is 1.55. The molecule has 0 spiro atoms. The molecule has 0 aliphatic carbocycles. The standard InChI is InChI=1S/C9H18N2O2/c1-9(2,10)8(13)11-5-3-4-7(12)6-11/h7,12H,3-6,10H2,1-2H3/t7-/m0/s1. The van der Waals surface area contributed by atoms with Crippen LogP contribution in [-0.2, 0) is 4.79 Å². The van der Waals surface area contributed by atoms with E-state index in [0.29, 0.717) is 6.54 Å². The zero-order valence-electron chi connectivity index (χ0n) is 8.29. The summed E-state index contributed by atoms with van der Waals surface area (Å²) in [6.45, 7) is 4.53. The summed E-state index contributed by atoms with van der Waals surface area (Å²) in [7, 11) is 0. The zero-order valence-corrected chi connectivity index (χ0v) is 8.29. The van der Waals surface area contributed by atoms with E-state index < -0.39 is 5.54 Å². The maximum atomic E-state index is 11.7. The van der Waals surface area contributed by atoms with E-state index in [1.54, 1.807) is 18.7 Å². The SMILES string of the molecule is CC(C)(N)C(=O)N1CCC[C@H](O)C1. The molecule has 0 radical (unpaired) electrons. The van der Waals surface area contributed by atoms with Gasteiger partial charge in [0, 0.05) is 13.1 Å². The van der Waals surface area contributed by atoms with Crippen LogP contribution in [0.1, 0.15) is 26.7 Å². The van der Waals surface area contributed by atoms with Gasteiger partial charge in [0.05, 0.1) is 11.6 Å². The normalized spacial score (nSPS) is 24.6. The van der Waals surface area contributed by atoms with Crippen LogP contribution in [0.15, 0.2) is 0 Å². The lowest BCUT2D eigenvalue weighted by atomic mass is 10.0. The maximum absolute atomic E-state index is 11.7. The average molecular weight is 186 g/mol. The number of amides is 1. The Balaban J connectivity index is 2.56. The van der Waals surface area contributed by atoms with E-state index in [-0.39, 0.29) is 12.0 Å². The third-order valence-electron chi connectivity index (χ3n) is 2.23. The monoisotopic (exact) mass is 186 g/mol. The predicted octanol–water partition coefficient (Wildman–Crippen LogP) is -0.293. The Bertz CT molecular complexity index is 198. The van der Waals surface area contributed by atoms with Crippen molar-refractivity contribution < 1.29 is 9.90 Å². The molecular weight excluding hydrogens is 168 g/mol. The fourth-order valence-electron chi connectivity index (χ4n) is 1.55. The number of rotatable bonds is 1. The molecule has 76 valence electrons. The number of nitrogens with zero attached hydrogens (tertiary/aromatic N) is 1. The van der Waals surface area contributed by atoms with Gasteiger partial charge in [-0.15, -0.1) is 0 Å². The molecular formula is C9H18N2O2. The Hall–Kier alpha value is -0.610. The number of likely N-dealkylation sites (tertiary alicyclic amines) is 1. The molecule has 0 aromatic rings. The lowest BCUT2D eigenvalue weighted by molar-refractivity contribution is -0.138. The van der Waals surface area contributed by atoms with Crippen LogP contribution >= 0.6 is 0 Å². The van der Waals surface area contributed by atoms with Gasteiger partial charge in [-0.25, -0.2) is 0 Å². The van der Waals surface area contributed by atoms with Gasteiger partial charge in [0.15, 0.2) is 0 Å². The third kappa shape index (κ3) is 2.67. The summed E-state index contributed by atoms with van der Waals surface area (Å²) in [5.41, 5.74) is 4.86. The number of aliphatic hydroxyl groups is 1. The van der Waals surface area contributed by atoms with Gasteiger partial charge in [0.1, 0.15) is 0 Å². The lowest BCUT2D eigenvalue weighted by Crippen LogP contribution is -2.54. The van der Waals surface area contributed by atoms with Crippen LogP contribution in [0, 0.1) is 0 Å². The minimum absolute atomic E-state index is 0.0775. The molecule has 4 heteroatoms. The first-order chi connectivity index (χ1) is 5.91. The average Bonchev–Trinajstić information content (AvgIpc) is 2.01. The molecule has 0 aromatic carbocycles. The van der Waals surface area contributed by atoms with Crippen molar-refractivity contribution >= 4 is 5.91 Å². The number of β-amino-alcohol motifs (C(OH)–C–C–N with tert-alkyl or cyclic N) is 1. The van der Waals surface area contributed by atoms with Gasteiger partial charge in [0.2, 0.25) is 5.91 Å². The first kappa shape index (κ1) is 10.5. The molecule has 4 nitrogen and oxygen atoms in total. The van der Waals surface area contributed by atoms with Crippen molar-refractivity contribution in [2.45, 2.75) is 38.3 Å². The van der Waals surface area contributed by atoms with E-state index in [1.165, 1.54) is 0 Å². The molecule has 1 aliphatic rings. The Kier molecular flexibility index (Phi) is 2.93. The second-order valence-corrected chi connectivity index (χ2v) is 4.27. The highest BCUT2D eigenvalue weighted by atomic mass is 16.3. The second-order valence-electron chi connectivity index (χ2n) is 4.27. The van der Waals surface area contributed by atoms with E-state index in [2.05, 4.69) is 0 Å². The van der Waals surface area contributed by atoms with Gasteiger partial charge in [-0.05, 0) is 26.7 Å². The maximum Gasteiger partial charge on any atom is 0.242 e. The van der Waals surface area contributed by atoms with Gasteiger partial charge in [-0.1, -0.05) is 0 Å². The van der Waals surface area contributed by atoms with Gasteiger partial charge in [-0.2, -0.15) is 0 Å². The largest absolute Gasteiger partial charge is 0.391 e. The molecule has 1 rings (SSSR count). The van der Waals surface area contributed by atoms with Crippen LogP contribution in [0.4, 0.5) is 0 Å². The predicted molar refractivity (Wildman–Crippen MR) is 50.1 cm³/mol. The Labute approximate surface area is 78.7 Å². The van der Waals surface area contributed by atoms with Crippen molar-refractivity contribution in [1.29, 1.82) is 0 Å². The number of hydrogen-bond donors (Lipinski definition) is 2. The highest BCUT2D eigenvalue weighted by Crippen LogP contribution is 2.13. The number of hydrogen-bond acceptors (Lipinski definition) is 3. The van der Waals surface area contributed by atoms with Gasteiger partial charge >= 0.3 is 0 Å². The molecule has 1 heterocycles. The Morgan fingerprint density at radius 1 is 1.62 bits per heavy atom. The van der Waals surface area contributed by atoms with Crippen molar-refractivity contribution in [2.24, 2.45) is 5.73 Å². The smallest absolute Gasteiger partial charge is 0.242 e. The van der Waals surface area contributed by atoms with E-state index >= 15 is 0 Å². The number of nitrogens with two attached hydrogens (primary N) is 1. The number of aliphatic hydroxyl groups excluding tert-OH is 1. The quantitative estimate of drug-likeness (QED) is 0.591. The first-order valence-electron chi connectivity index (χ1n) is 4.67. The van der Waals surface area contributed by atoms with Gasteiger partial charge in [-0.3, -0.25) is 4.79 Å². The van der Waals surface area contributed by atoms with Crippen LogP contribution in [0.25, 0.3) is 0 Å². The summed E-state index contributed by atoms with van der Waals surface area (Å²) in [6, 6.07) is 0. The van der Waals surface area contributed by atoms with Crippen LogP contribution < -0.4 is 5.73 Å². The van der Waals surface area contributed by atoms with Crippen molar-refractivity contribution in [1.82, 2.24) is 4.90 Å². The highest BCUT2D eigenvalue weighted by Gasteiger charge is 2.30. The van der Waals surface area contributed by atoms with E-state index in [0.717, 1.165) is 19.4 Å². The summed E-state index contributed by atoms with van der Waals surface area (Å²) in [5.74, 6) is -0.0775. The fraction of sp³-hybridized carbons (Fsp3) is 0.889. The van der Waals surface area contributed by atoms with Crippen molar-refractivity contribution in [3.63, 3.8) is 0 Å². The first-order valence-corrected chi connectivity index (χ1v) is 4.67. The van der Waals surface area contributed by atoms with Gasteiger partial charge < -0.3 is 15.7 Å². The highest BCUT2D eigenvalue weighted by molar-refractivity contribution is 5.85. The van der Waals surface area contributed by atoms with E-state index in [4.69, 9.17) is 5.73 Å². The van der Waals surface area contributed by atoms with E-state index in [1.807, 2.05) is 0 Å². The van der Waals surface area contributed by atoms with Crippen LogP contribution in [0.2, 0.25) is 0 Å². The Morgan fingerprint density at radius 2 is 2.23 bits per heavy atom. The molecule has 3 N–H and O–H groups in total. The number of carbonyl (C=O) groups excluding carboxylic acids is 1. The summed E-state index contributed by atoms with van der Waals surface area (Å²) >= 11 is 0. The van der Waals surface area contributed by atoms with Crippen molar-refractivity contribution in [2.75, 3.05) is 13.1 Å². The minimum atomic E-state index is -0.822. The molecule has 1 atom stereocenters. The van der Waals surface area contributed by atoms with Crippen LogP contribution in [0.3, 0.4) is 0 Å². The lowest BCUT2D eigenvalue weighted by Gasteiger charge is -2.34. The molecule has 0 aromatic heterocycles. The van der Waals surface area contributed by atoms with Crippen LogP contribution in [-0.4, -0.2) is 40.6 Å². The number of piperidine rings is 1. The zero-order chi connectivity index (χ0) is 10.1. The van der Waals surface area contributed by atoms with Crippen LogP contribution in [0.5, 0.6) is 0 Å². The second kappa shape index (κ2) is 3.64. The summed E-state index contributed by atoms with van der Waals surface area (Å²) in [4.78, 5) is 13.3. The topological polar surface area (TPSA) is 66.6 Å². The summed E-state index contributed by atoms with van der Waals surface area (Å²) < 4.78 is 0. The molecule has 1 amide bonds. The molecule has 0 unspecified atom stereocenters. The molecule has 1 aliphatic heterocycles. The third-order valence-corrected chi connectivity index (χ3v) is 2.23. The molecule has 13 heavy (non-hydrogen) atoms. The van der Waals surface area contributed by atoms with E-state index in [9.17, 15) is 9.90 Å². The number of carbonyl (C=O) groups is 1. The minimum Gasteiger partial charge on any atom is -0.391 e. The van der Waals surface area contributed by atoms with Crippen molar-refractivity contribution in [3.8, 4) is 0 Å².